The van der Waals surface area contributed by atoms with Crippen molar-refractivity contribution in [1.82, 2.24) is 0 Å². The highest BCUT2D eigenvalue weighted by Gasteiger charge is 2.35. The molecule has 2 N–H and O–H groups in total. The molecule has 0 aliphatic heterocycles. The van der Waals surface area contributed by atoms with Crippen molar-refractivity contribution in [3.05, 3.63) is 24.3 Å². The summed E-state index contributed by atoms with van der Waals surface area (Å²) in [6, 6.07) is 0. The van der Waals surface area contributed by atoms with E-state index in [0.717, 1.165) is 48.7 Å². The third-order valence-corrected chi connectivity index (χ3v) is 10.1. The fourth-order valence-electron chi connectivity index (χ4n) is 7.53. The first-order valence-corrected chi connectivity index (χ1v) is 16.8. The van der Waals surface area contributed by atoms with Crippen LogP contribution >= 0.6 is 0 Å². The predicted octanol–water partition coefficient (Wildman–Crippen LogP) is 7.36. The van der Waals surface area contributed by atoms with E-state index < -0.39 is 0 Å². The number of unbranched alkanes of at least 4 members (excludes halogenated alkanes) is 2. The van der Waals surface area contributed by atoms with Gasteiger partial charge in [0.25, 0.3) is 0 Å². The molecule has 244 valence electrons. The van der Waals surface area contributed by atoms with E-state index in [2.05, 4.69) is 20.1 Å². The molecule has 0 bridgehead atoms. The number of hydrogen-bond donors (Lipinski definition) is 2. The third kappa shape index (κ3) is 15.9. The zero-order valence-electron chi connectivity index (χ0n) is 27.3. The van der Waals surface area contributed by atoms with Crippen molar-refractivity contribution >= 4 is 12.6 Å². The lowest BCUT2D eigenvalue weighted by molar-refractivity contribution is -0.106. The summed E-state index contributed by atoms with van der Waals surface area (Å²) in [6.07, 6.45) is 25.0. The first kappa shape index (κ1) is 38.7. The van der Waals surface area contributed by atoms with Gasteiger partial charge in [-0.05, 0) is 74.0 Å². The molecular weight excluding hydrogens is 528 g/mol. The second kappa shape index (κ2) is 24.0. The second-order valence-electron chi connectivity index (χ2n) is 13.3. The predicted molar refractivity (Wildman–Crippen MR) is 172 cm³/mol. The molecule has 3 saturated carbocycles. The number of aliphatic hydroxyl groups excluding tert-OH is 2. The quantitative estimate of drug-likeness (QED) is 0.110. The first-order chi connectivity index (χ1) is 20.3. The number of ether oxygens (including phenoxy) is 2. The van der Waals surface area contributed by atoms with Gasteiger partial charge in [-0.15, -0.1) is 0 Å². The van der Waals surface area contributed by atoms with Crippen molar-refractivity contribution in [3.63, 3.8) is 0 Å². The van der Waals surface area contributed by atoms with Crippen LogP contribution in [-0.2, 0) is 19.1 Å². The van der Waals surface area contributed by atoms with Gasteiger partial charge in [0.05, 0.1) is 26.4 Å². The number of aldehydes is 2. The molecule has 6 heteroatoms. The molecule has 6 nitrogen and oxygen atoms in total. The van der Waals surface area contributed by atoms with Gasteiger partial charge >= 0.3 is 0 Å². The molecule has 0 heterocycles. The van der Waals surface area contributed by atoms with E-state index in [4.69, 9.17) is 19.7 Å². The molecule has 4 atom stereocenters. The molecule has 3 rings (SSSR count). The summed E-state index contributed by atoms with van der Waals surface area (Å²) >= 11 is 0. The summed E-state index contributed by atoms with van der Waals surface area (Å²) in [7, 11) is 3.67. The standard InChI is InChI=1S/C28H52O2.2C4H6O2/c1-4-5-6-7-23-12-16-27-19-24(13-17-26(27)18-23)9-8-22-10-14-25(15-11-22)28(20-29-2)21-30-3;2*1-4(2-5)3-6/h22-28H,4-21H2,1-3H3;2*2,6H,1,3H2. The van der Waals surface area contributed by atoms with Crippen molar-refractivity contribution < 1.29 is 29.3 Å². The minimum Gasteiger partial charge on any atom is -0.392 e. The van der Waals surface area contributed by atoms with E-state index >= 15 is 0 Å². The number of rotatable bonds is 16. The lowest BCUT2D eigenvalue weighted by Gasteiger charge is -2.43. The van der Waals surface area contributed by atoms with E-state index in [-0.39, 0.29) is 24.4 Å². The molecule has 0 amide bonds. The first-order valence-electron chi connectivity index (χ1n) is 16.8. The smallest absolute Gasteiger partial charge is 0.147 e. The van der Waals surface area contributed by atoms with Crippen LogP contribution in [-0.4, -0.2) is 63.4 Å². The van der Waals surface area contributed by atoms with Gasteiger partial charge in [-0.25, -0.2) is 0 Å². The number of carbonyl (C=O) groups excluding carboxylic acids is 2. The molecule has 3 aliphatic rings. The third-order valence-electron chi connectivity index (χ3n) is 10.1. The Hall–Kier alpha value is -1.34. The molecule has 0 saturated heterocycles. The largest absolute Gasteiger partial charge is 0.392 e. The summed E-state index contributed by atoms with van der Waals surface area (Å²) in [5, 5.41) is 16.0. The van der Waals surface area contributed by atoms with Crippen LogP contribution in [0.1, 0.15) is 110 Å². The molecule has 4 unspecified atom stereocenters. The van der Waals surface area contributed by atoms with E-state index in [0.29, 0.717) is 18.5 Å². The number of fused-ring (bicyclic) bond motifs is 1. The van der Waals surface area contributed by atoms with Gasteiger partial charge in [0.1, 0.15) is 12.6 Å². The van der Waals surface area contributed by atoms with Crippen LogP contribution in [0.25, 0.3) is 0 Å². The minimum absolute atomic E-state index is 0.218. The summed E-state index contributed by atoms with van der Waals surface area (Å²) < 4.78 is 10.9. The van der Waals surface area contributed by atoms with Crippen LogP contribution in [0.4, 0.5) is 0 Å². The molecule has 3 aliphatic carbocycles. The molecule has 0 aromatic carbocycles. The van der Waals surface area contributed by atoms with Crippen molar-refractivity contribution in [2.45, 2.75) is 110 Å². The summed E-state index contributed by atoms with van der Waals surface area (Å²) in [5.74, 6) is 6.73. The van der Waals surface area contributed by atoms with Crippen LogP contribution in [0.2, 0.25) is 0 Å². The van der Waals surface area contributed by atoms with Crippen molar-refractivity contribution in [2.24, 2.45) is 41.4 Å². The second-order valence-corrected chi connectivity index (χ2v) is 13.3. The van der Waals surface area contributed by atoms with E-state index in [9.17, 15) is 9.59 Å². The summed E-state index contributed by atoms with van der Waals surface area (Å²) in [6.45, 7) is 9.96. The summed E-state index contributed by atoms with van der Waals surface area (Å²) in [5.41, 5.74) is 0.435. The zero-order chi connectivity index (χ0) is 31.2. The average molecular weight is 593 g/mol. The van der Waals surface area contributed by atoms with Gasteiger partial charge in [0, 0.05) is 31.3 Å². The maximum absolute atomic E-state index is 9.48. The topological polar surface area (TPSA) is 93.1 Å². The van der Waals surface area contributed by atoms with Crippen LogP contribution in [0, 0.1) is 41.4 Å². The maximum atomic E-state index is 9.48. The molecule has 0 radical (unpaired) electrons. The van der Waals surface area contributed by atoms with Gasteiger partial charge < -0.3 is 19.7 Å². The van der Waals surface area contributed by atoms with Gasteiger partial charge in [-0.2, -0.15) is 0 Å². The van der Waals surface area contributed by atoms with Crippen molar-refractivity contribution in [2.75, 3.05) is 40.6 Å². The molecule has 3 fully saturated rings. The van der Waals surface area contributed by atoms with Gasteiger partial charge in [-0.1, -0.05) is 84.3 Å². The van der Waals surface area contributed by atoms with Crippen LogP contribution < -0.4 is 0 Å². The highest BCUT2D eigenvalue weighted by Crippen LogP contribution is 2.47. The fraction of sp³-hybridized carbons (Fsp3) is 0.833. The van der Waals surface area contributed by atoms with Crippen molar-refractivity contribution in [3.8, 4) is 0 Å². The molecule has 0 aromatic heterocycles. The minimum atomic E-state index is -0.233. The van der Waals surface area contributed by atoms with E-state index in [1.165, 1.54) is 64.2 Å². The maximum Gasteiger partial charge on any atom is 0.147 e. The fourth-order valence-corrected chi connectivity index (χ4v) is 7.53. The van der Waals surface area contributed by atoms with Crippen molar-refractivity contribution in [1.29, 1.82) is 0 Å². The molecule has 42 heavy (non-hydrogen) atoms. The zero-order valence-corrected chi connectivity index (χ0v) is 27.3. The number of hydrogen-bond acceptors (Lipinski definition) is 6. The number of carbonyl (C=O) groups is 2. The van der Waals surface area contributed by atoms with Gasteiger partial charge in [-0.3, -0.25) is 9.59 Å². The Balaban J connectivity index is 0.000000618. The Morgan fingerprint density at radius 2 is 1.17 bits per heavy atom. The molecule has 0 aromatic rings. The van der Waals surface area contributed by atoms with Crippen LogP contribution in [0.15, 0.2) is 24.3 Å². The number of methoxy groups -OCH3 is 2. The van der Waals surface area contributed by atoms with E-state index in [1.807, 2.05) is 14.2 Å². The molecule has 0 spiro atoms. The Labute approximate surface area is 257 Å². The lowest BCUT2D eigenvalue weighted by Crippen LogP contribution is -2.31. The highest BCUT2D eigenvalue weighted by atomic mass is 16.5. The Morgan fingerprint density at radius 3 is 1.57 bits per heavy atom. The normalized spacial score (nSPS) is 27.0. The van der Waals surface area contributed by atoms with Gasteiger partial charge in [0.2, 0.25) is 0 Å². The monoisotopic (exact) mass is 592 g/mol. The highest BCUT2D eigenvalue weighted by molar-refractivity contribution is 5.72. The van der Waals surface area contributed by atoms with Crippen LogP contribution in [0.3, 0.4) is 0 Å². The lowest BCUT2D eigenvalue weighted by atomic mass is 9.63. The van der Waals surface area contributed by atoms with Gasteiger partial charge in [0.15, 0.2) is 0 Å². The summed E-state index contributed by atoms with van der Waals surface area (Å²) in [4.78, 5) is 19.0. The Kier molecular flexibility index (Phi) is 22.1. The Bertz CT molecular complexity index is 702. The average Bonchev–Trinajstić information content (AvgIpc) is 3.03. The SMILES string of the molecule is C=C(C=O)CO.C=C(C=O)CO.CCCCCC1CCC2CC(CCC3CCC(C(COC)COC)CC3)CCC2C1. The molecular formula is C36H64O6. The van der Waals surface area contributed by atoms with E-state index in [1.54, 1.807) is 38.5 Å². The number of aliphatic hydroxyl groups is 2. The Morgan fingerprint density at radius 1 is 0.714 bits per heavy atom. The van der Waals surface area contributed by atoms with Crippen LogP contribution in [0.5, 0.6) is 0 Å².